The van der Waals surface area contributed by atoms with Crippen molar-refractivity contribution in [2.75, 3.05) is 7.11 Å². The number of aryl methyl sites for hydroxylation is 1. The average Bonchev–Trinajstić information content (AvgIpc) is 2.35. The minimum Gasteiger partial charge on any atom is -0.494 e. The van der Waals surface area contributed by atoms with Gasteiger partial charge < -0.3 is 4.74 Å². The third-order valence-electron chi connectivity index (χ3n) is 2.57. The summed E-state index contributed by atoms with van der Waals surface area (Å²) in [6.07, 6.45) is 4.00. The van der Waals surface area contributed by atoms with Crippen molar-refractivity contribution in [2.24, 2.45) is 0 Å². The number of carbonyl (C=O) groups excluding carboxylic acids is 1. The van der Waals surface area contributed by atoms with Gasteiger partial charge in [0.05, 0.1) is 7.11 Å². The number of fused-ring (bicyclic) bond motifs is 1. The van der Waals surface area contributed by atoms with E-state index < -0.39 is 0 Å². The van der Waals surface area contributed by atoms with Crippen LogP contribution in [0.5, 0.6) is 5.75 Å². The minimum atomic E-state index is 0.743. The first kappa shape index (κ1) is 11.3. The fraction of sp³-hybridized carbons (Fsp3) is 0.143. The van der Waals surface area contributed by atoms with E-state index in [4.69, 9.17) is 4.74 Å². The molecule has 0 unspecified atom stereocenters. The molecule has 0 saturated heterocycles. The first-order chi connectivity index (χ1) is 8.26. The van der Waals surface area contributed by atoms with Crippen LogP contribution in [0.2, 0.25) is 0 Å². The second-order valence-electron chi connectivity index (χ2n) is 3.70. The van der Waals surface area contributed by atoms with Gasteiger partial charge in [0.2, 0.25) is 0 Å². The molecule has 0 fully saturated rings. The van der Waals surface area contributed by atoms with E-state index in [9.17, 15) is 4.79 Å². The maximum atomic E-state index is 10.4. The largest absolute Gasteiger partial charge is 0.494 e. The smallest absolute Gasteiger partial charge is 0.145 e. The van der Waals surface area contributed by atoms with Gasteiger partial charge in [-0.3, -0.25) is 4.79 Å². The van der Waals surface area contributed by atoms with E-state index in [2.05, 4.69) is 4.98 Å². The molecule has 0 saturated carbocycles. The minimum absolute atomic E-state index is 0.743. The van der Waals surface area contributed by atoms with Crippen LogP contribution in [0, 0.1) is 6.92 Å². The molecule has 1 heterocycles. The molecular weight excluding hydrogens is 214 g/mol. The van der Waals surface area contributed by atoms with Crippen molar-refractivity contribution in [3.8, 4) is 5.75 Å². The third kappa shape index (κ3) is 2.18. The van der Waals surface area contributed by atoms with E-state index in [0.29, 0.717) is 0 Å². The van der Waals surface area contributed by atoms with Gasteiger partial charge >= 0.3 is 0 Å². The van der Waals surface area contributed by atoms with E-state index in [0.717, 1.165) is 34.2 Å². The molecule has 0 radical (unpaired) electrons. The number of aldehydes is 1. The van der Waals surface area contributed by atoms with Gasteiger partial charge in [-0.15, -0.1) is 0 Å². The molecule has 0 atom stereocenters. The van der Waals surface area contributed by atoms with Crippen molar-refractivity contribution < 1.29 is 9.53 Å². The monoisotopic (exact) mass is 227 g/mol. The number of hydrogen-bond acceptors (Lipinski definition) is 3. The van der Waals surface area contributed by atoms with Crippen LogP contribution in [0.1, 0.15) is 11.3 Å². The van der Waals surface area contributed by atoms with Crippen LogP contribution in [-0.2, 0) is 4.79 Å². The molecule has 0 bridgehead atoms. The van der Waals surface area contributed by atoms with Gasteiger partial charge in [0.1, 0.15) is 17.6 Å². The number of nitrogens with zero attached hydrogens (tertiary/aromatic N) is 1. The summed E-state index contributed by atoms with van der Waals surface area (Å²) < 4.78 is 5.29. The Morgan fingerprint density at radius 3 is 2.76 bits per heavy atom. The third-order valence-corrected chi connectivity index (χ3v) is 2.57. The zero-order chi connectivity index (χ0) is 12.3. The molecule has 2 rings (SSSR count). The molecule has 0 spiro atoms. The number of allylic oxidation sites excluding steroid dienone is 1. The quantitative estimate of drug-likeness (QED) is 0.598. The summed E-state index contributed by atoms with van der Waals surface area (Å²) in [5, 5.41) is 0.980. The lowest BCUT2D eigenvalue weighted by Crippen LogP contribution is -1.91. The van der Waals surface area contributed by atoms with Crippen molar-refractivity contribution in [1.29, 1.82) is 0 Å². The molecule has 3 heteroatoms. The zero-order valence-electron chi connectivity index (χ0n) is 9.81. The predicted octanol–water partition coefficient (Wildman–Crippen LogP) is 2.76. The first-order valence-corrected chi connectivity index (χ1v) is 5.32. The number of pyridine rings is 1. The summed E-state index contributed by atoms with van der Waals surface area (Å²) in [4.78, 5) is 14.8. The molecule has 0 N–H and O–H groups in total. The Morgan fingerprint density at radius 2 is 2.06 bits per heavy atom. The van der Waals surface area contributed by atoms with Crippen LogP contribution in [0.25, 0.3) is 17.0 Å². The van der Waals surface area contributed by atoms with E-state index in [1.807, 2.05) is 31.2 Å². The molecule has 1 aromatic heterocycles. The number of carbonyl (C=O) groups is 1. The number of rotatable bonds is 3. The second-order valence-corrected chi connectivity index (χ2v) is 3.70. The predicted molar refractivity (Wildman–Crippen MR) is 68.1 cm³/mol. The Hall–Kier alpha value is -2.16. The van der Waals surface area contributed by atoms with Gasteiger partial charge in [0.15, 0.2) is 0 Å². The molecule has 0 aliphatic rings. The van der Waals surface area contributed by atoms with Crippen LogP contribution in [0.15, 0.2) is 30.3 Å². The van der Waals surface area contributed by atoms with E-state index in [1.54, 1.807) is 13.2 Å². The van der Waals surface area contributed by atoms with Crippen molar-refractivity contribution in [3.63, 3.8) is 0 Å². The highest BCUT2D eigenvalue weighted by Crippen LogP contribution is 2.27. The Labute approximate surface area is 99.7 Å². The van der Waals surface area contributed by atoms with Crippen LogP contribution >= 0.6 is 0 Å². The Balaban J connectivity index is 2.72. The molecule has 0 amide bonds. The number of aromatic nitrogens is 1. The zero-order valence-corrected chi connectivity index (χ0v) is 9.81. The number of ether oxygens (including phenoxy) is 1. The highest BCUT2D eigenvalue weighted by molar-refractivity contribution is 5.93. The molecule has 0 aliphatic heterocycles. The summed E-state index contributed by atoms with van der Waals surface area (Å²) in [5.74, 6) is 0.743. The lowest BCUT2D eigenvalue weighted by Gasteiger charge is -2.07. The molecule has 0 aliphatic carbocycles. The Kier molecular flexibility index (Phi) is 3.19. The van der Waals surface area contributed by atoms with Crippen LogP contribution in [0.4, 0.5) is 0 Å². The second kappa shape index (κ2) is 4.78. The van der Waals surface area contributed by atoms with Crippen molar-refractivity contribution >= 4 is 23.3 Å². The lowest BCUT2D eigenvalue weighted by molar-refractivity contribution is -0.104. The van der Waals surface area contributed by atoms with Crippen LogP contribution in [-0.4, -0.2) is 18.4 Å². The van der Waals surface area contributed by atoms with E-state index in [1.165, 1.54) is 6.08 Å². The summed E-state index contributed by atoms with van der Waals surface area (Å²) in [7, 11) is 1.62. The van der Waals surface area contributed by atoms with Gasteiger partial charge in [0, 0.05) is 11.1 Å². The molecule has 2 aromatic rings. The van der Waals surface area contributed by atoms with E-state index >= 15 is 0 Å². The SMILES string of the molecule is COc1ccc(C=CC=O)c2ccc(C)nc12. The average molecular weight is 227 g/mol. The van der Waals surface area contributed by atoms with Gasteiger partial charge in [-0.25, -0.2) is 4.98 Å². The maximum Gasteiger partial charge on any atom is 0.145 e. The number of benzene rings is 1. The summed E-state index contributed by atoms with van der Waals surface area (Å²) in [5.41, 5.74) is 2.72. The highest BCUT2D eigenvalue weighted by Gasteiger charge is 2.06. The number of methoxy groups -OCH3 is 1. The fourth-order valence-corrected chi connectivity index (χ4v) is 1.76. The summed E-state index contributed by atoms with van der Waals surface area (Å²) in [6, 6.07) is 7.71. The molecule has 1 aromatic carbocycles. The van der Waals surface area contributed by atoms with Crippen molar-refractivity contribution in [1.82, 2.24) is 4.98 Å². The van der Waals surface area contributed by atoms with Crippen molar-refractivity contribution in [3.05, 3.63) is 41.6 Å². The van der Waals surface area contributed by atoms with E-state index in [-0.39, 0.29) is 0 Å². The topological polar surface area (TPSA) is 39.2 Å². The van der Waals surface area contributed by atoms with Gasteiger partial charge in [-0.05, 0) is 30.7 Å². The highest BCUT2D eigenvalue weighted by atomic mass is 16.5. The first-order valence-electron chi connectivity index (χ1n) is 5.32. The number of hydrogen-bond donors (Lipinski definition) is 0. The fourth-order valence-electron chi connectivity index (χ4n) is 1.76. The molecular formula is C14H13NO2. The van der Waals surface area contributed by atoms with Crippen molar-refractivity contribution in [2.45, 2.75) is 6.92 Å². The van der Waals surface area contributed by atoms with Crippen LogP contribution < -0.4 is 4.74 Å². The Morgan fingerprint density at radius 1 is 1.24 bits per heavy atom. The van der Waals surface area contributed by atoms with Crippen LogP contribution in [0.3, 0.4) is 0 Å². The standard InChI is InChI=1S/C14H13NO2/c1-10-5-7-12-11(4-3-9-16)6-8-13(17-2)14(12)15-10/h3-9H,1-2H3. The van der Waals surface area contributed by atoms with Gasteiger partial charge in [-0.1, -0.05) is 18.2 Å². The maximum absolute atomic E-state index is 10.4. The summed E-state index contributed by atoms with van der Waals surface area (Å²) >= 11 is 0. The lowest BCUT2D eigenvalue weighted by atomic mass is 10.1. The molecule has 86 valence electrons. The normalized spacial score (nSPS) is 10.9. The molecule has 17 heavy (non-hydrogen) atoms. The summed E-state index contributed by atoms with van der Waals surface area (Å²) in [6.45, 7) is 1.94. The molecule has 3 nitrogen and oxygen atoms in total. The Bertz CT molecular complexity index is 588. The van der Waals surface area contributed by atoms with Gasteiger partial charge in [-0.2, -0.15) is 0 Å². The van der Waals surface area contributed by atoms with Gasteiger partial charge in [0.25, 0.3) is 0 Å².